The fraction of sp³-hybridized carbons (Fsp3) is 0.250. The van der Waals surface area contributed by atoms with Crippen molar-refractivity contribution >= 4 is 46.3 Å². The van der Waals surface area contributed by atoms with E-state index >= 15 is 0 Å². The fourth-order valence-electron chi connectivity index (χ4n) is 1.95. The lowest BCUT2D eigenvalue weighted by Crippen LogP contribution is -2.32. The Morgan fingerprint density at radius 3 is 2.74 bits per heavy atom. The number of likely N-dealkylation sites (N-methyl/N-ethyl adjacent to an activating group) is 1. The van der Waals surface area contributed by atoms with Gasteiger partial charge in [0.1, 0.15) is 11.0 Å². The Morgan fingerprint density at radius 1 is 1.53 bits per heavy atom. The second-order valence-electron chi connectivity index (χ2n) is 4.22. The summed E-state index contributed by atoms with van der Waals surface area (Å²) in [5.74, 6) is -0.500. The summed E-state index contributed by atoms with van der Waals surface area (Å²) < 4.78 is 0. The molecule has 2 amide bonds. The summed E-state index contributed by atoms with van der Waals surface area (Å²) in [5, 5.41) is 3.38. The van der Waals surface area contributed by atoms with Gasteiger partial charge in [-0.25, -0.2) is 0 Å². The SMILES string of the molecule is CN1C(=O)CC(Nc2cccc(Cl)c2C(N)=S)C1=O. The van der Waals surface area contributed by atoms with E-state index in [2.05, 4.69) is 5.32 Å². The van der Waals surface area contributed by atoms with Crippen LogP contribution in [0, 0.1) is 0 Å². The molecule has 100 valence electrons. The number of nitrogens with one attached hydrogen (secondary N) is 1. The lowest BCUT2D eigenvalue weighted by Gasteiger charge is -2.16. The Bertz CT molecular complexity index is 576. The van der Waals surface area contributed by atoms with E-state index in [4.69, 9.17) is 29.6 Å². The number of nitrogens with zero attached hydrogens (tertiary/aromatic N) is 1. The minimum atomic E-state index is -0.607. The predicted octanol–water partition coefficient (Wildman–Crippen LogP) is 1.14. The molecule has 0 aliphatic carbocycles. The quantitative estimate of drug-likeness (QED) is 0.646. The highest BCUT2D eigenvalue weighted by atomic mass is 35.5. The molecule has 0 aromatic heterocycles. The first-order valence-electron chi connectivity index (χ1n) is 5.57. The van der Waals surface area contributed by atoms with Gasteiger partial charge in [0.25, 0.3) is 5.91 Å². The van der Waals surface area contributed by atoms with Crippen LogP contribution in [0.15, 0.2) is 18.2 Å². The van der Waals surface area contributed by atoms with Gasteiger partial charge < -0.3 is 11.1 Å². The number of carbonyl (C=O) groups is 2. The fourth-order valence-corrected chi connectivity index (χ4v) is 2.50. The number of benzene rings is 1. The van der Waals surface area contributed by atoms with Crippen LogP contribution in [0.3, 0.4) is 0 Å². The number of carbonyl (C=O) groups excluding carboxylic acids is 2. The standard InChI is InChI=1S/C12H12ClN3O2S/c1-16-9(17)5-8(12(16)18)15-7-4-2-3-6(13)10(7)11(14)19/h2-4,8,15H,5H2,1H3,(H2,14,19). The summed E-state index contributed by atoms with van der Waals surface area (Å²) in [4.78, 5) is 24.5. The average molecular weight is 298 g/mol. The number of imide groups is 1. The number of amides is 2. The highest BCUT2D eigenvalue weighted by Gasteiger charge is 2.36. The lowest BCUT2D eigenvalue weighted by atomic mass is 10.1. The molecule has 1 unspecified atom stereocenters. The van der Waals surface area contributed by atoms with E-state index in [9.17, 15) is 9.59 Å². The molecular formula is C12H12ClN3O2S. The molecule has 1 aliphatic heterocycles. The van der Waals surface area contributed by atoms with E-state index < -0.39 is 6.04 Å². The molecule has 3 N–H and O–H groups in total. The van der Waals surface area contributed by atoms with Gasteiger partial charge in [-0.05, 0) is 12.1 Å². The number of hydrogen-bond acceptors (Lipinski definition) is 4. The molecule has 1 saturated heterocycles. The van der Waals surface area contributed by atoms with Gasteiger partial charge in [-0.1, -0.05) is 29.9 Å². The molecule has 0 saturated carbocycles. The van der Waals surface area contributed by atoms with Gasteiger partial charge in [0.15, 0.2) is 0 Å². The maximum absolute atomic E-state index is 11.8. The summed E-state index contributed by atoms with van der Waals surface area (Å²) >= 11 is 11.0. The van der Waals surface area contributed by atoms with Crippen molar-refractivity contribution in [3.05, 3.63) is 28.8 Å². The maximum atomic E-state index is 11.8. The number of likely N-dealkylation sites (tertiary alicyclic amines) is 1. The molecule has 2 rings (SSSR count). The molecule has 1 heterocycles. The summed E-state index contributed by atoms with van der Waals surface area (Å²) in [6.07, 6.45) is 0.110. The minimum Gasteiger partial charge on any atom is -0.389 e. The Hall–Kier alpha value is -1.66. The third kappa shape index (κ3) is 2.54. The third-order valence-corrected chi connectivity index (χ3v) is 3.49. The first-order valence-corrected chi connectivity index (χ1v) is 6.35. The first kappa shape index (κ1) is 13.8. The molecule has 7 heteroatoms. The highest BCUT2D eigenvalue weighted by Crippen LogP contribution is 2.26. The van der Waals surface area contributed by atoms with Crippen LogP contribution in [0.5, 0.6) is 0 Å². The number of thiocarbonyl (C=S) groups is 1. The Morgan fingerprint density at radius 2 is 2.21 bits per heavy atom. The van der Waals surface area contributed by atoms with E-state index in [1.807, 2.05) is 0 Å². The predicted molar refractivity (Wildman–Crippen MR) is 77.1 cm³/mol. The van der Waals surface area contributed by atoms with Crippen LogP contribution in [-0.4, -0.2) is 34.8 Å². The van der Waals surface area contributed by atoms with Crippen LogP contribution in [0.25, 0.3) is 0 Å². The maximum Gasteiger partial charge on any atom is 0.251 e. The Labute approximate surface area is 120 Å². The van der Waals surface area contributed by atoms with Crippen LogP contribution < -0.4 is 11.1 Å². The molecule has 0 spiro atoms. The van der Waals surface area contributed by atoms with Crippen LogP contribution in [-0.2, 0) is 9.59 Å². The Kier molecular flexibility index (Phi) is 3.73. The van der Waals surface area contributed by atoms with Gasteiger partial charge in [0.2, 0.25) is 5.91 Å². The second kappa shape index (κ2) is 5.14. The number of halogens is 1. The average Bonchev–Trinajstić information content (AvgIpc) is 2.57. The second-order valence-corrected chi connectivity index (χ2v) is 5.07. The van der Waals surface area contributed by atoms with E-state index in [0.717, 1.165) is 4.90 Å². The van der Waals surface area contributed by atoms with E-state index in [-0.39, 0.29) is 23.2 Å². The number of hydrogen-bond donors (Lipinski definition) is 2. The van der Waals surface area contributed by atoms with Gasteiger partial charge in [0, 0.05) is 12.7 Å². The number of rotatable bonds is 3. The zero-order valence-electron chi connectivity index (χ0n) is 10.1. The molecule has 0 radical (unpaired) electrons. The summed E-state index contributed by atoms with van der Waals surface area (Å²) in [7, 11) is 1.46. The minimum absolute atomic E-state index is 0.110. The van der Waals surface area contributed by atoms with Crippen LogP contribution in [0.2, 0.25) is 5.02 Å². The van der Waals surface area contributed by atoms with Gasteiger partial charge in [0.05, 0.1) is 17.0 Å². The molecule has 19 heavy (non-hydrogen) atoms. The van der Waals surface area contributed by atoms with Crippen molar-refractivity contribution in [2.45, 2.75) is 12.5 Å². The third-order valence-electron chi connectivity index (χ3n) is 2.97. The lowest BCUT2D eigenvalue weighted by molar-refractivity contribution is -0.136. The molecule has 1 aromatic carbocycles. The first-order chi connectivity index (χ1) is 8.91. The van der Waals surface area contributed by atoms with Crippen molar-refractivity contribution in [2.75, 3.05) is 12.4 Å². The van der Waals surface area contributed by atoms with Crippen molar-refractivity contribution in [3.63, 3.8) is 0 Å². The normalized spacial score (nSPS) is 18.8. The van der Waals surface area contributed by atoms with Gasteiger partial charge in [-0.3, -0.25) is 14.5 Å². The van der Waals surface area contributed by atoms with Crippen molar-refractivity contribution in [2.24, 2.45) is 5.73 Å². The van der Waals surface area contributed by atoms with E-state index in [0.29, 0.717) is 16.3 Å². The summed E-state index contributed by atoms with van der Waals surface area (Å²) in [5.41, 5.74) is 6.66. The zero-order chi connectivity index (χ0) is 14.2. The molecule has 5 nitrogen and oxygen atoms in total. The molecule has 1 fully saturated rings. The van der Waals surface area contributed by atoms with Crippen molar-refractivity contribution in [1.29, 1.82) is 0 Å². The van der Waals surface area contributed by atoms with Crippen LogP contribution >= 0.6 is 23.8 Å². The van der Waals surface area contributed by atoms with Crippen LogP contribution in [0.4, 0.5) is 5.69 Å². The zero-order valence-corrected chi connectivity index (χ0v) is 11.7. The molecular weight excluding hydrogens is 286 g/mol. The molecule has 1 atom stereocenters. The summed E-state index contributed by atoms with van der Waals surface area (Å²) in [6.45, 7) is 0. The van der Waals surface area contributed by atoms with Crippen molar-refractivity contribution < 1.29 is 9.59 Å². The Balaban J connectivity index is 2.30. The highest BCUT2D eigenvalue weighted by molar-refractivity contribution is 7.80. The van der Waals surface area contributed by atoms with Gasteiger partial charge in [-0.15, -0.1) is 0 Å². The van der Waals surface area contributed by atoms with Crippen molar-refractivity contribution in [3.8, 4) is 0 Å². The monoisotopic (exact) mass is 297 g/mol. The van der Waals surface area contributed by atoms with Crippen LogP contribution in [0.1, 0.15) is 12.0 Å². The van der Waals surface area contributed by atoms with Crippen molar-refractivity contribution in [1.82, 2.24) is 4.90 Å². The summed E-state index contributed by atoms with van der Waals surface area (Å²) in [6, 6.07) is 4.49. The molecule has 0 bridgehead atoms. The largest absolute Gasteiger partial charge is 0.389 e. The molecule has 1 aliphatic rings. The van der Waals surface area contributed by atoms with Gasteiger partial charge >= 0.3 is 0 Å². The number of nitrogens with two attached hydrogens (primary N) is 1. The molecule has 1 aromatic rings. The smallest absolute Gasteiger partial charge is 0.251 e. The topological polar surface area (TPSA) is 75.4 Å². The number of anilines is 1. The van der Waals surface area contributed by atoms with Gasteiger partial charge in [-0.2, -0.15) is 0 Å². The van der Waals surface area contributed by atoms with E-state index in [1.54, 1.807) is 18.2 Å². The van der Waals surface area contributed by atoms with E-state index in [1.165, 1.54) is 7.05 Å².